The first-order chi connectivity index (χ1) is 21.2. The number of fused-ring (bicyclic) bond motifs is 8. The Morgan fingerprint density at radius 3 is 1.65 bits per heavy atom. The Kier molecular flexibility index (Phi) is 6.39. The van der Waals surface area contributed by atoms with Crippen molar-refractivity contribution >= 4 is 54.4 Å². The van der Waals surface area contributed by atoms with Crippen molar-refractivity contribution in [3.8, 4) is 23.5 Å². The molecule has 0 N–H and O–H groups in total. The Morgan fingerprint density at radius 2 is 1.05 bits per heavy atom. The van der Waals surface area contributed by atoms with Crippen LogP contribution in [0.15, 0.2) is 121 Å². The van der Waals surface area contributed by atoms with Crippen LogP contribution in [0.4, 0.5) is 0 Å². The summed E-state index contributed by atoms with van der Waals surface area (Å²) in [4.78, 5) is 0. The molecule has 204 valence electrons. The highest BCUT2D eigenvalue weighted by Crippen LogP contribution is 2.41. The molecule has 0 aliphatic carbocycles. The molecule has 0 unspecified atom stereocenters. The van der Waals surface area contributed by atoms with Crippen LogP contribution in [0.5, 0.6) is 0 Å². The van der Waals surface area contributed by atoms with Gasteiger partial charge >= 0.3 is 0 Å². The van der Waals surface area contributed by atoms with Gasteiger partial charge in [-0.15, -0.1) is 0 Å². The van der Waals surface area contributed by atoms with Gasteiger partial charge in [0.15, 0.2) is 0 Å². The third-order valence-electron chi connectivity index (χ3n) is 8.00. The molecular weight excluding hydrogens is 524 g/mol. The zero-order chi connectivity index (χ0) is 29.5. The molecule has 0 saturated carbocycles. The first kappa shape index (κ1) is 26.1. The first-order valence-electron chi connectivity index (χ1n) is 14.6. The highest BCUT2D eigenvalue weighted by Gasteiger charge is 2.24. The summed E-state index contributed by atoms with van der Waals surface area (Å²) in [5, 5.41) is 27.5. The minimum atomic E-state index is 0.356. The Morgan fingerprint density at radius 1 is 0.512 bits per heavy atom. The van der Waals surface area contributed by atoms with Gasteiger partial charge in [0.05, 0.1) is 44.6 Å². The number of aromatic nitrogens is 2. The van der Waals surface area contributed by atoms with Crippen molar-refractivity contribution < 1.29 is 0 Å². The number of hydrogen-bond acceptors (Lipinski definition) is 2. The highest BCUT2D eigenvalue weighted by atomic mass is 15.1. The Balaban J connectivity index is 0.000000963. The van der Waals surface area contributed by atoms with Gasteiger partial charge in [-0.25, -0.2) is 0 Å². The molecule has 0 aliphatic rings. The first-order valence-corrected chi connectivity index (χ1v) is 14.6. The second-order valence-corrected chi connectivity index (χ2v) is 10.7. The average molecular weight is 553 g/mol. The van der Waals surface area contributed by atoms with Crippen molar-refractivity contribution in [2.24, 2.45) is 0 Å². The van der Waals surface area contributed by atoms with Crippen molar-refractivity contribution in [3.05, 3.63) is 132 Å². The second kappa shape index (κ2) is 10.5. The number of benzene rings is 6. The Labute approximate surface area is 249 Å². The predicted octanol–water partition coefficient (Wildman–Crippen LogP) is 10.2. The predicted molar refractivity (Wildman–Crippen MR) is 178 cm³/mol. The molecule has 0 radical (unpaired) electrons. The van der Waals surface area contributed by atoms with Gasteiger partial charge in [-0.1, -0.05) is 105 Å². The van der Waals surface area contributed by atoms with Crippen LogP contribution in [0, 0.1) is 22.7 Å². The van der Waals surface area contributed by atoms with Crippen LogP contribution in [-0.2, 0) is 0 Å². The fourth-order valence-corrected chi connectivity index (χ4v) is 6.36. The molecule has 0 spiro atoms. The topological polar surface area (TPSA) is 57.4 Å². The van der Waals surface area contributed by atoms with E-state index in [9.17, 15) is 10.5 Å². The van der Waals surface area contributed by atoms with E-state index in [0.29, 0.717) is 16.8 Å². The normalized spacial score (nSPS) is 11.1. The fraction of sp³-hybridized carbons (Fsp3) is 0.0769. The van der Waals surface area contributed by atoms with Crippen molar-refractivity contribution in [1.82, 2.24) is 9.13 Å². The van der Waals surface area contributed by atoms with Gasteiger partial charge in [0, 0.05) is 21.5 Å². The third-order valence-corrected chi connectivity index (χ3v) is 8.00. The summed E-state index contributed by atoms with van der Waals surface area (Å²) in [6.45, 7) is 4.25. The molecule has 4 nitrogen and oxygen atoms in total. The fourth-order valence-electron chi connectivity index (χ4n) is 6.36. The number of rotatable bonds is 2. The lowest BCUT2D eigenvalue weighted by Gasteiger charge is -2.19. The molecule has 0 amide bonds. The molecule has 43 heavy (non-hydrogen) atoms. The highest BCUT2D eigenvalue weighted by molar-refractivity contribution is 6.21. The standard InChI is InChI=1S/C36H20N4.C3H8/c37-21-24-18-20-34(36(29(24)22-38)40-30-14-6-3-11-26(30)27-12-4-7-15-31(27)40)39-32-16-8-5-13-28(32)35-25-10-2-1-9-23(25)17-19-33(35)39;1-3-2/h1-20H;3H2,1-2H3. The van der Waals surface area contributed by atoms with Crippen molar-refractivity contribution in [3.63, 3.8) is 0 Å². The van der Waals surface area contributed by atoms with E-state index in [2.05, 4.69) is 120 Å². The maximum Gasteiger partial charge on any atom is 0.103 e. The summed E-state index contributed by atoms with van der Waals surface area (Å²) in [5.41, 5.74) is 6.34. The van der Waals surface area contributed by atoms with Crippen molar-refractivity contribution in [2.45, 2.75) is 20.3 Å². The van der Waals surface area contributed by atoms with Gasteiger partial charge < -0.3 is 9.13 Å². The minimum Gasteiger partial charge on any atom is -0.307 e. The van der Waals surface area contributed by atoms with Gasteiger partial charge in [0.1, 0.15) is 12.1 Å². The SMILES string of the molecule is CCC.N#Cc1ccc(-n2c3ccccc3c3c4ccccc4ccc32)c(-n2c3ccccc3c3ccccc32)c1C#N. The number of hydrogen-bond donors (Lipinski definition) is 0. The zero-order valence-corrected chi connectivity index (χ0v) is 24.0. The monoisotopic (exact) mass is 552 g/mol. The van der Waals surface area contributed by atoms with E-state index < -0.39 is 0 Å². The van der Waals surface area contributed by atoms with E-state index in [1.54, 1.807) is 6.07 Å². The van der Waals surface area contributed by atoms with Gasteiger partial charge in [0.25, 0.3) is 0 Å². The molecule has 6 aromatic carbocycles. The largest absolute Gasteiger partial charge is 0.307 e. The van der Waals surface area contributed by atoms with E-state index in [4.69, 9.17) is 0 Å². The van der Waals surface area contributed by atoms with Crippen LogP contribution in [0.2, 0.25) is 0 Å². The summed E-state index contributed by atoms with van der Waals surface area (Å²) in [5.74, 6) is 0. The molecule has 2 heterocycles. The Hall–Kier alpha value is -5.84. The lowest BCUT2D eigenvalue weighted by molar-refractivity contribution is 1.08. The number of nitriles is 2. The van der Waals surface area contributed by atoms with Crippen LogP contribution in [0.1, 0.15) is 31.4 Å². The lowest BCUT2D eigenvalue weighted by atomic mass is 10.0. The van der Waals surface area contributed by atoms with Gasteiger partial charge in [0.2, 0.25) is 0 Å². The maximum atomic E-state index is 10.5. The van der Waals surface area contributed by atoms with E-state index in [1.807, 2.05) is 30.3 Å². The Bertz CT molecular complexity index is 2370. The summed E-state index contributed by atoms with van der Waals surface area (Å²) in [7, 11) is 0. The van der Waals surface area contributed by atoms with Crippen molar-refractivity contribution in [1.29, 1.82) is 10.5 Å². The molecule has 0 fully saturated rings. The van der Waals surface area contributed by atoms with E-state index in [1.165, 1.54) is 22.6 Å². The van der Waals surface area contributed by atoms with Crippen LogP contribution in [0.3, 0.4) is 0 Å². The molecule has 0 aliphatic heterocycles. The van der Waals surface area contributed by atoms with Gasteiger partial charge in [-0.2, -0.15) is 10.5 Å². The quantitative estimate of drug-likeness (QED) is 0.214. The molecule has 8 rings (SSSR count). The number of nitrogens with zero attached hydrogens (tertiary/aromatic N) is 4. The lowest BCUT2D eigenvalue weighted by Crippen LogP contribution is -2.07. The van der Waals surface area contributed by atoms with E-state index >= 15 is 0 Å². The van der Waals surface area contributed by atoms with Crippen molar-refractivity contribution in [2.75, 3.05) is 0 Å². The van der Waals surface area contributed by atoms with Crippen LogP contribution in [0.25, 0.3) is 65.8 Å². The summed E-state index contributed by atoms with van der Waals surface area (Å²) in [6, 6.07) is 46.1. The van der Waals surface area contributed by atoms with Crippen LogP contribution in [-0.4, -0.2) is 9.13 Å². The zero-order valence-electron chi connectivity index (χ0n) is 24.0. The van der Waals surface area contributed by atoms with Gasteiger partial charge in [-0.3, -0.25) is 0 Å². The molecule has 0 atom stereocenters. The second-order valence-electron chi connectivity index (χ2n) is 10.7. The third kappa shape index (κ3) is 3.89. The van der Waals surface area contributed by atoms with E-state index in [0.717, 1.165) is 43.9 Å². The van der Waals surface area contributed by atoms with Crippen LogP contribution < -0.4 is 0 Å². The smallest absolute Gasteiger partial charge is 0.103 e. The molecule has 0 bridgehead atoms. The molecule has 2 aromatic heterocycles. The maximum absolute atomic E-state index is 10.5. The van der Waals surface area contributed by atoms with Gasteiger partial charge in [-0.05, 0) is 47.2 Å². The summed E-state index contributed by atoms with van der Waals surface area (Å²) in [6.07, 6.45) is 1.25. The molecule has 8 aromatic rings. The molecule has 0 saturated heterocycles. The summed E-state index contributed by atoms with van der Waals surface area (Å²) >= 11 is 0. The number of para-hydroxylation sites is 3. The minimum absolute atomic E-state index is 0.356. The van der Waals surface area contributed by atoms with Crippen LogP contribution >= 0.6 is 0 Å². The molecular formula is C39H28N4. The average Bonchev–Trinajstić information content (AvgIpc) is 3.57. The summed E-state index contributed by atoms with van der Waals surface area (Å²) < 4.78 is 4.40. The molecule has 4 heteroatoms. The van der Waals surface area contributed by atoms with E-state index in [-0.39, 0.29) is 0 Å².